The van der Waals surface area contributed by atoms with Crippen LogP contribution < -0.4 is 10.4 Å². The van der Waals surface area contributed by atoms with E-state index in [0.29, 0.717) is 0 Å². The Labute approximate surface area is 104 Å². The Balaban J connectivity index is 2.93. The van der Waals surface area contributed by atoms with Crippen LogP contribution in [0.15, 0.2) is 27.4 Å². The van der Waals surface area contributed by atoms with Gasteiger partial charge in [0.2, 0.25) is 5.75 Å². The summed E-state index contributed by atoms with van der Waals surface area (Å²) in [5.41, 5.74) is -2.40. The van der Waals surface area contributed by atoms with Crippen molar-refractivity contribution in [2.24, 2.45) is 0 Å². The summed E-state index contributed by atoms with van der Waals surface area (Å²) in [5, 5.41) is 21.5. The molecular weight excluding hydrogens is 260 g/mol. The van der Waals surface area contributed by atoms with Crippen LogP contribution in [0, 0.1) is 20.2 Å². The van der Waals surface area contributed by atoms with Gasteiger partial charge in [-0.2, -0.15) is 0 Å². The average Bonchev–Trinajstić information content (AvgIpc) is 2.35. The number of nitrogens with zero attached hydrogens (tertiary/aromatic N) is 2. The minimum atomic E-state index is -1.18. The molecule has 9 nitrogen and oxygen atoms in total. The summed E-state index contributed by atoms with van der Waals surface area (Å²) in [7, 11) is 1.13. The van der Waals surface area contributed by atoms with Crippen LogP contribution >= 0.6 is 0 Å². The van der Waals surface area contributed by atoms with Gasteiger partial charge in [0, 0.05) is 12.1 Å². The highest BCUT2D eigenvalue weighted by molar-refractivity contribution is 5.88. The number of rotatable bonds is 3. The van der Waals surface area contributed by atoms with E-state index in [0.717, 1.165) is 19.2 Å². The third-order valence-corrected chi connectivity index (χ3v) is 2.42. The standard InChI is InChI=1S/C10H6N2O7/c1-18-9-6-4-5(11(14)15)2-3-7(6)19-10(13)8(9)12(16)17/h2-4H,1H3. The zero-order valence-electron chi connectivity index (χ0n) is 9.48. The number of non-ortho nitro benzene ring substituents is 1. The van der Waals surface area contributed by atoms with Gasteiger partial charge in [-0.3, -0.25) is 20.2 Å². The van der Waals surface area contributed by atoms with E-state index in [-0.39, 0.29) is 22.4 Å². The van der Waals surface area contributed by atoms with Crippen molar-refractivity contribution in [1.29, 1.82) is 0 Å². The number of hydrogen-bond donors (Lipinski definition) is 0. The molecule has 0 radical (unpaired) electrons. The van der Waals surface area contributed by atoms with Crippen LogP contribution in [-0.2, 0) is 0 Å². The molecular formula is C10H6N2O7. The number of nitro groups is 2. The molecule has 1 aromatic heterocycles. The highest BCUT2D eigenvalue weighted by Gasteiger charge is 2.26. The van der Waals surface area contributed by atoms with Crippen LogP contribution in [-0.4, -0.2) is 17.0 Å². The minimum Gasteiger partial charge on any atom is -0.489 e. The highest BCUT2D eigenvalue weighted by atomic mass is 16.6. The fraction of sp³-hybridized carbons (Fsp3) is 0.100. The first-order valence-electron chi connectivity index (χ1n) is 4.89. The highest BCUT2D eigenvalue weighted by Crippen LogP contribution is 2.34. The normalized spacial score (nSPS) is 10.4. The Morgan fingerprint density at radius 1 is 1.21 bits per heavy atom. The number of methoxy groups -OCH3 is 1. The van der Waals surface area contributed by atoms with E-state index >= 15 is 0 Å². The van der Waals surface area contributed by atoms with E-state index in [1.54, 1.807) is 0 Å². The minimum absolute atomic E-state index is 0.0111. The van der Waals surface area contributed by atoms with Gasteiger partial charge in [-0.05, 0) is 6.07 Å². The molecule has 98 valence electrons. The molecule has 0 atom stereocenters. The van der Waals surface area contributed by atoms with Gasteiger partial charge in [0.15, 0.2) is 0 Å². The Bertz CT molecular complexity index is 749. The number of nitro benzene ring substituents is 1. The lowest BCUT2D eigenvalue weighted by Crippen LogP contribution is -2.09. The number of ether oxygens (including phenoxy) is 1. The molecule has 0 saturated heterocycles. The van der Waals surface area contributed by atoms with Crippen molar-refractivity contribution in [3.05, 3.63) is 48.8 Å². The van der Waals surface area contributed by atoms with Gasteiger partial charge in [-0.15, -0.1) is 0 Å². The molecule has 19 heavy (non-hydrogen) atoms. The molecule has 0 N–H and O–H groups in total. The van der Waals surface area contributed by atoms with Gasteiger partial charge in [-0.1, -0.05) is 0 Å². The monoisotopic (exact) mass is 266 g/mol. The summed E-state index contributed by atoms with van der Waals surface area (Å²) in [6.07, 6.45) is 0. The fourth-order valence-corrected chi connectivity index (χ4v) is 1.63. The predicted octanol–water partition coefficient (Wildman–Crippen LogP) is 1.62. The van der Waals surface area contributed by atoms with E-state index in [1.165, 1.54) is 6.07 Å². The summed E-state index contributed by atoms with van der Waals surface area (Å²) < 4.78 is 9.54. The van der Waals surface area contributed by atoms with Crippen molar-refractivity contribution >= 4 is 22.3 Å². The molecule has 2 rings (SSSR count). The Hall–Kier alpha value is -2.97. The summed E-state index contributed by atoms with van der Waals surface area (Å²) >= 11 is 0. The summed E-state index contributed by atoms with van der Waals surface area (Å²) in [5.74, 6) is -0.361. The molecule has 0 unspecified atom stereocenters. The molecule has 0 spiro atoms. The molecule has 0 bridgehead atoms. The molecule has 0 aliphatic carbocycles. The number of fused-ring (bicyclic) bond motifs is 1. The van der Waals surface area contributed by atoms with Gasteiger partial charge in [0.05, 0.1) is 22.3 Å². The van der Waals surface area contributed by atoms with E-state index in [9.17, 15) is 25.0 Å². The van der Waals surface area contributed by atoms with Gasteiger partial charge < -0.3 is 9.15 Å². The third kappa shape index (κ3) is 1.97. The van der Waals surface area contributed by atoms with Gasteiger partial charge >= 0.3 is 11.3 Å². The van der Waals surface area contributed by atoms with Crippen LogP contribution in [0.5, 0.6) is 5.75 Å². The maximum atomic E-state index is 11.5. The molecule has 0 aliphatic heterocycles. The van der Waals surface area contributed by atoms with E-state index in [1.807, 2.05) is 0 Å². The smallest absolute Gasteiger partial charge is 0.419 e. The van der Waals surface area contributed by atoms with Crippen LogP contribution in [0.2, 0.25) is 0 Å². The van der Waals surface area contributed by atoms with Crippen LogP contribution in [0.25, 0.3) is 11.0 Å². The Kier molecular flexibility index (Phi) is 2.87. The second kappa shape index (κ2) is 4.37. The molecule has 0 saturated carbocycles. The molecule has 9 heteroatoms. The lowest BCUT2D eigenvalue weighted by molar-refractivity contribution is -0.388. The molecule has 1 heterocycles. The lowest BCUT2D eigenvalue weighted by atomic mass is 10.2. The quantitative estimate of drug-likeness (QED) is 0.469. The third-order valence-electron chi connectivity index (χ3n) is 2.42. The SMILES string of the molecule is COc1c([N+](=O)[O-])c(=O)oc2ccc([N+](=O)[O-])cc12. The molecule has 1 aromatic carbocycles. The average molecular weight is 266 g/mol. The van der Waals surface area contributed by atoms with E-state index in [4.69, 9.17) is 9.15 Å². The first kappa shape index (κ1) is 12.5. The topological polar surface area (TPSA) is 126 Å². The van der Waals surface area contributed by atoms with Crippen LogP contribution in [0.3, 0.4) is 0 Å². The van der Waals surface area contributed by atoms with Gasteiger partial charge in [-0.25, -0.2) is 4.79 Å². The van der Waals surface area contributed by atoms with E-state index < -0.39 is 21.2 Å². The fourth-order valence-electron chi connectivity index (χ4n) is 1.63. The predicted molar refractivity (Wildman–Crippen MR) is 62.3 cm³/mol. The summed E-state index contributed by atoms with van der Waals surface area (Å²) in [6.45, 7) is 0. The van der Waals surface area contributed by atoms with Gasteiger partial charge in [0.1, 0.15) is 5.58 Å². The van der Waals surface area contributed by atoms with Crippen molar-refractivity contribution in [2.45, 2.75) is 0 Å². The maximum absolute atomic E-state index is 11.5. The second-order valence-corrected chi connectivity index (χ2v) is 3.47. The first-order chi connectivity index (χ1) is 8.95. The summed E-state index contributed by atoms with van der Waals surface area (Å²) in [6, 6.07) is 3.35. The lowest BCUT2D eigenvalue weighted by Gasteiger charge is -2.04. The number of hydrogen-bond acceptors (Lipinski definition) is 7. The number of benzene rings is 1. The largest absolute Gasteiger partial charge is 0.489 e. The zero-order valence-corrected chi connectivity index (χ0v) is 9.48. The maximum Gasteiger partial charge on any atom is 0.419 e. The van der Waals surface area contributed by atoms with Crippen molar-refractivity contribution in [1.82, 2.24) is 0 Å². The van der Waals surface area contributed by atoms with Crippen molar-refractivity contribution in [3.8, 4) is 5.75 Å². The summed E-state index contributed by atoms with van der Waals surface area (Å²) in [4.78, 5) is 31.3. The Morgan fingerprint density at radius 3 is 2.42 bits per heavy atom. The van der Waals surface area contributed by atoms with Crippen molar-refractivity contribution in [2.75, 3.05) is 7.11 Å². The molecule has 0 amide bonds. The van der Waals surface area contributed by atoms with Crippen molar-refractivity contribution in [3.63, 3.8) is 0 Å². The second-order valence-electron chi connectivity index (χ2n) is 3.47. The first-order valence-corrected chi connectivity index (χ1v) is 4.89. The Morgan fingerprint density at radius 2 is 1.89 bits per heavy atom. The van der Waals surface area contributed by atoms with Crippen LogP contribution in [0.4, 0.5) is 11.4 Å². The van der Waals surface area contributed by atoms with Gasteiger partial charge in [0.25, 0.3) is 5.69 Å². The molecule has 0 fully saturated rings. The van der Waals surface area contributed by atoms with Crippen molar-refractivity contribution < 1.29 is 19.0 Å². The zero-order chi connectivity index (χ0) is 14.2. The molecule has 2 aromatic rings. The molecule has 0 aliphatic rings. The van der Waals surface area contributed by atoms with Crippen LogP contribution in [0.1, 0.15) is 0 Å². The van der Waals surface area contributed by atoms with E-state index in [2.05, 4.69) is 0 Å².